The number of carboxylic acids is 1. The van der Waals surface area contributed by atoms with E-state index in [1.165, 1.54) is 0 Å². The van der Waals surface area contributed by atoms with E-state index in [9.17, 15) is 19.3 Å². The topological polar surface area (TPSA) is 106 Å². The van der Waals surface area contributed by atoms with E-state index in [4.69, 9.17) is 10.8 Å². The van der Waals surface area contributed by atoms with Crippen LogP contribution in [0.4, 0.5) is 10.1 Å². The number of aliphatic carboxylic acids is 1. The molecule has 7 heteroatoms. The number of hydrogen-bond acceptors (Lipinski definition) is 4. The number of nitrogens with zero attached hydrogens (tertiary/aromatic N) is 1. The second kappa shape index (κ2) is 4.58. The first kappa shape index (κ1) is 13.4. The quantitative estimate of drug-likeness (QED) is 0.621. The molecule has 0 bridgehead atoms. The van der Waals surface area contributed by atoms with Gasteiger partial charge in [0.25, 0.3) is 5.69 Å². The van der Waals surface area contributed by atoms with Crippen LogP contribution in [0.25, 0.3) is 0 Å². The highest BCUT2D eigenvalue weighted by Gasteiger charge is 2.54. The molecule has 0 radical (unpaired) electrons. The SMILES string of the molecule is N[C@@H](Cc1cc([N+](=O)[O-])ccc1F)C1(C(=O)O)CC1. The van der Waals surface area contributed by atoms with Gasteiger partial charge >= 0.3 is 5.97 Å². The Hall–Kier alpha value is -2.02. The number of nitro groups is 1. The summed E-state index contributed by atoms with van der Waals surface area (Å²) in [5, 5.41) is 19.7. The Balaban J connectivity index is 2.21. The Morgan fingerprint density at radius 3 is 2.68 bits per heavy atom. The minimum Gasteiger partial charge on any atom is -0.481 e. The number of nitrogens with two attached hydrogens (primary N) is 1. The summed E-state index contributed by atoms with van der Waals surface area (Å²) < 4.78 is 13.6. The van der Waals surface area contributed by atoms with E-state index in [0.29, 0.717) is 12.8 Å². The van der Waals surface area contributed by atoms with Gasteiger partial charge in [-0.1, -0.05) is 0 Å². The molecule has 1 fully saturated rings. The van der Waals surface area contributed by atoms with Crippen molar-refractivity contribution in [2.45, 2.75) is 25.3 Å². The van der Waals surface area contributed by atoms with Crippen molar-refractivity contribution in [1.29, 1.82) is 0 Å². The van der Waals surface area contributed by atoms with E-state index in [0.717, 1.165) is 18.2 Å². The summed E-state index contributed by atoms with van der Waals surface area (Å²) in [7, 11) is 0. The van der Waals surface area contributed by atoms with E-state index in [1.54, 1.807) is 0 Å². The molecule has 0 saturated heterocycles. The normalized spacial score (nSPS) is 17.8. The van der Waals surface area contributed by atoms with Crippen LogP contribution in [-0.4, -0.2) is 22.0 Å². The zero-order chi connectivity index (χ0) is 14.2. The summed E-state index contributed by atoms with van der Waals surface area (Å²) in [6.45, 7) is 0. The van der Waals surface area contributed by atoms with Crippen LogP contribution in [-0.2, 0) is 11.2 Å². The Bertz CT molecular complexity index is 543. The molecule has 1 aliphatic rings. The van der Waals surface area contributed by atoms with Crippen molar-refractivity contribution in [3.05, 3.63) is 39.7 Å². The van der Waals surface area contributed by atoms with Crippen LogP contribution < -0.4 is 5.73 Å². The van der Waals surface area contributed by atoms with Crippen molar-refractivity contribution in [1.82, 2.24) is 0 Å². The molecular formula is C12H13FN2O4. The third-order valence-electron chi connectivity index (χ3n) is 3.60. The number of non-ortho nitro benzene ring substituents is 1. The van der Waals surface area contributed by atoms with Crippen LogP contribution in [0.2, 0.25) is 0 Å². The lowest BCUT2D eigenvalue weighted by atomic mass is 9.91. The van der Waals surface area contributed by atoms with Gasteiger partial charge < -0.3 is 10.8 Å². The molecule has 1 aromatic rings. The second-order valence-electron chi connectivity index (χ2n) is 4.80. The number of carbonyl (C=O) groups is 1. The minimum absolute atomic E-state index is 0.0280. The van der Waals surface area contributed by atoms with Crippen molar-refractivity contribution in [2.75, 3.05) is 0 Å². The highest BCUT2D eigenvalue weighted by Crippen LogP contribution is 2.49. The molecule has 102 valence electrons. The van der Waals surface area contributed by atoms with Gasteiger partial charge in [-0.2, -0.15) is 0 Å². The second-order valence-corrected chi connectivity index (χ2v) is 4.80. The maximum absolute atomic E-state index is 13.6. The molecule has 6 nitrogen and oxygen atoms in total. The highest BCUT2D eigenvalue weighted by atomic mass is 19.1. The molecule has 0 aromatic heterocycles. The molecule has 0 aliphatic heterocycles. The zero-order valence-electron chi connectivity index (χ0n) is 10.0. The predicted octanol–water partition coefficient (Wildman–Crippen LogP) is 1.47. The van der Waals surface area contributed by atoms with Gasteiger partial charge in [0.15, 0.2) is 0 Å². The van der Waals surface area contributed by atoms with Crippen molar-refractivity contribution >= 4 is 11.7 Å². The van der Waals surface area contributed by atoms with Crippen LogP contribution in [0.3, 0.4) is 0 Å². The van der Waals surface area contributed by atoms with Gasteiger partial charge in [0, 0.05) is 18.2 Å². The molecular weight excluding hydrogens is 255 g/mol. The van der Waals surface area contributed by atoms with Gasteiger partial charge in [0.05, 0.1) is 10.3 Å². The number of halogens is 1. The largest absolute Gasteiger partial charge is 0.481 e. The van der Waals surface area contributed by atoms with E-state index in [1.807, 2.05) is 0 Å². The van der Waals surface area contributed by atoms with E-state index in [-0.39, 0.29) is 17.7 Å². The number of rotatable bonds is 5. The van der Waals surface area contributed by atoms with Crippen LogP contribution in [0.15, 0.2) is 18.2 Å². The Morgan fingerprint density at radius 1 is 1.58 bits per heavy atom. The van der Waals surface area contributed by atoms with Crippen molar-refractivity contribution in [3.8, 4) is 0 Å². The number of carboxylic acid groups (broad SMARTS) is 1. The van der Waals surface area contributed by atoms with Crippen LogP contribution in [0, 0.1) is 21.3 Å². The summed E-state index contributed by atoms with van der Waals surface area (Å²) in [5.41, 5.74) is 4.67. The fourth-order valence-electron chi connectivity index (χ4n) is 2.14. The summed E-state index contributed by atoms with van der Waals surface area (Å²) in [6.07, 6.45) is 0.889. The number of benzene rings is 1. The van der Waals surface area contributed by atoms with E-state index < -0.39 is 28.2 Å². The minimum atomic E-state index is -1.00. The molecule has 0 unspecified atom stereocenters. The summed E-state index contributed by atoms with van der Waals surface area (Å²) >= 11 is 0. The van der Waals surface area contributed by atoms with Crippen molar-refractivity contribution in [3.63, 3.8) is 0 Å². The van der Waals surface area contributed by atoms with Gasteiger partial charge in [0.1, 0.15) is 5.82 Å². The lowest BCUT2D eigenvalue weighted by Crippen LogP contribution is -2.39. The Morgan fingerprint density at radius 2 is 2.21 bits per heavy atom. The van der Waals surface area contributed by atoms with Gasteiger partial charge in [0.2, 0.25) is 0 Å². The molecule has 2 rings (SSSR count). The first-order valence-electron chi connectivity index (χ1n) is 5.78. The molecule has 0 amide bonds. The maximum atomic E-state index is 13.6. The van der Waals surface area contributed by atoms with Gasteiger partial charge in [-0.05, 0) is 30.9 Å². The number of nitro benzene ring substituents is 1. The lowest BCUT2D eigenvalue weighted by Gasteiger charge is -2.19. The fourth-order valence-corrected chi connectivity index (χ4v) is 2.14. The molecule has 1 aromatic carbocycles. The predicted molar refractivity (Wildman–Crippen MR) is 64.0 cm³/mol. The van der Waals surface area contributed by atoms with Crippen molar-refractivity contribution < 1.29 is 19.2 Å². The third-order valence-corrected chi connectivity index (χ3v) is 3.60. The first-order chi connectivity index (χ1) is 8.86. The Kier molecular flexibility index (Phi) is 3.23. The molecule has 0 spiro atoms. The molecule has 1 aliphatic carbocycles. The first-order valence-corrected chi connectivity index (χ1v) is 5.78. The summed E-state index contributed by atoms with van der Waals surface area (Å²) in [6, 6.07) is 2.42. The molecule has 3 N–H and O–H groups in total. The van der Waals surface area contributed by atoms with Gasteiger partial charge in [-0.25, -0.2) is 4.39 Å². The summed E-state index contributed by atoms with van der Waals surface area (Å²) in [4.78, 5) is 21.1. The Labute approximate surface area is 108 Å². The smallest absolute Gasteiger partial charge is 0.311 e. The zero-order valence-corrected chi connectivity index (χ0v) is 10.0. The molecule has 1 atom stereocenters. The molecule has 19 heavy (non-hydrogen) atoms. The van der Waals surface area contributed by atoms with Crippen LogP contribution in [0.5, 0.6) is 0 Å². The van der Waals surface area contributed by atoms with Gasteiger partial charge in [-0.3, -0.25) is 14.9 Å². The lowest BCUT2D eigenvalue weighted by molar-refractivity contribution is -0.385. The third kappa shape index (κ3) is 2.41. The van der Waals surface area contributed by atoms with Crippen LogP contribution >= 0.6 is 0 Å². The van der Waals surface area contributed by atoms with Gasteiger partial charge in [-0.15, -0.1) is 0 Å². The van der Waals surface area contributed by atoms with Crippen LogP contribution in [0.1, 0.15) is 18.4 Å². The fraction of sp³-hybridized carbons (Fsp3) is 0.417. The van der Waals surface area contributed by atoms with E-state index in [2.05, 4.69) is 0 Å². The molecule has 0 heterocycles. The average molecular weight is 268 g/mol. The monoisotopic (exact) mass is 268 g/mol. The van der Waals surface area contributed by atoms with Crippen molar-refractivity contribution in [2.24, 2.45) is 11.1 Å². The average Bonchev–Trinajstić information content (AvgIpc) is 3.12. The highest BCUT2D eigenvalue weighted by molar-refractivity contribution is 5.78. The van der Waals surface area contributed by atoms with E-state index >= 15 is 0 Å². The summed E-state index contributed by atoms with van der Waals surface area (Å²) in [5.74, 6) is -1.60. The molecule has 1 saturated carbocycles. The number of hydrogen-bond donors (Lipinski definition) is 2. The maximum Gasteiger partial charge on any atom is 0.311 e. The standard InChI is InChI=1S/C12H13FN2O4/c13-9-2-1-8(15(18)19)5-7(9)6-10(14)12(3-4-12)11(16)17/h1-2,5,10H,3-4,6,14H2,(H,16,17)/t10-/m0/s1.